The molecule has 1 amide bonds. The van der Waals surface area contributed by atoms with Crippen LogP contribution in [0.5, 0.6) is 5.75 Å². The van der Waals surface area contributed by atoms with Gasteiger partial charge in [0.1, 0.15) is 11.9 Å². The number of halogens is 3. The predicted molar refractivity (Wildman–Crippen MR) is 121 cm³/mol. The summed E-state index contributed by atoms with van der Waals surface area (Å²) in [6.45, 7) is 0.375. The van der Waals surface area contributed by atoms with Crippen molar-refractivity contribution in [2.24, 2.45) is 0 Å². The topological polar surface area (TPSA) is 51.2 Å². The molecule has 0 aliphatic carbocycles. The van der Waals surface area contributed by atoms with Gasteiger partial charge in [-0.1, -0.05) is 40.9 Å². The summed E-state index contributed by atoms with van der Waals surface area (Å²) in [5.41, 5.74) is 3.64. The highest BCUT2D eigenvalue weighted by Crippen LogP contribution is 2.40. The minimum atomic E-state index is -0.196. The fourth-order valence-electron chi connectivity index (χ4n) is 3.31. The van der Waals surface area contributed by atoms with Crippen molar-refractivity contribution in [1.82, 2.24) is 10.3 Å². The van der Waals surface area contributed by atoms with Crippen LogP contribution in [0.4, 0.5) is 0 Å². The molecule has 30 heavy (non-hydrogen) atoms. The number of nitrogens with zero attached hydrogens (tertiary/aromatic N) is 1. The van der Waals surface area contributed by atoms with Gasteiger partial charge in [0.2, 0.25) is 5.91 Å². The third kappa shape index (κ3) is 4.96. The molecule has 3 aromatic rings. The number of ether oxygens (including phenoxy) is 1. The first kappa shape index (κ1) is 20.7. The average molecular weight is 460 g/mol. The van der Waals surface area contributed by atoms with Crippen molar-refractivity contribution in [3.05, 3.63) is 87.1 Å². The number of hydrogen-bond acceptors (Lipinski definition) is 3. The second kappa shape index (κ2) is 9.09. The zero-order valence-corrected chi connectivity index (χ0v) is 18.0. The number of hydrogen-bond donors (Lipinski definition) is 1. The lowest BCUT2D eigenvalue weighted by Crippen LogP contribution is -2.33. The Bertz CT molecular complexity index is 1100. The normalized spacial score (nSPS) is 15.1. The van der Waals surface area contributed by atoms with E-state index < -0.39 is 0 Å². The lowest BCUT2D eigenvalue weighted by molar-refractivity contribution is -0.116. The van der Waals surface area contributed by atoms with E-state index in [0.29, 0.717) is 33.8 Å². The van der Waals surface area contributed by atoms with Crippen LogP contribution in [0, 0.1) is 0 Å². The first-order chi connectivity index (χ1) is 14.5. The molecule has 0 saturated carbocycles. The van der Waals surface area contributed by atoms with Crippen LogP contribution >= 0.6 is 34.8 Å². The van der Waals surface area contributed by atoms with E-state index in [1.807, 2.05) is 36.4 Å². The van der Waals surface area contributed by atoms with Gasteiger partial charge in [0.25, 0.3) is 0 Å². The number of amides is 1. The quantitative estimate of drug-likeness (QED) is 0.488. The number of benzene rings is 2. The van der Waals surface area contributed by atoms with Crippen LogP contribution in [0.2, 0.25) is 15.1 Å². The summed E-state index contributed by atoms with van der Waals surface area (Å²) >= 11 is 18.7. The molecule has 1 aromatic heterocycles. The summed E-state index contributed by atoms with van der Waals surface area (Å²) in [5.74, 6) is 0.456. The first-order valence-corrected chi connectivity index (χ1v) is 10.4. The Morgan fingerprint density at radius 1 is 1.13 bits per heavy atom. The maximum atomic E-state index is 12.1. The summed E-state index contributed by atoms with van der Waals surface area (Å²) in [7, 11) is 0. The second-order valence-electron chi connectivity index (χ2n) is 6.91. The molecule has 0 saturated heterocycles. The van der Waals surface area contributed by atoms with Crippen molar-refractivity contribution in [2.75, 3.05) is 6.54 Å². The molecular formula is C23H17Cl3N2O2. The highest BCUT2D eigenvalue weighted by Gasteiger charge is 2.26. The summed E-state index contributed by atoms with van der Waals surface area (Å²) in [5, 5.41) is 4.50. The smallest absolute Gasteiger partial charge is 0.244 e. The van der Waals surface area contributed by atoms with Crippen molar-refractivity contribution in [3.63, 3.8) is 0 Å². The van der Waals surface area contributed by atoms with Crippen LogP contribution in [-0.4, -0.2) is 23.5 Å². The van der Waals surface area contributed by atoms with Crippen LogP contribution in [0.15, 0.2) is 60.9 Å². The van der Waals surface area contributed by atoms with E-state index in [1.165, 1.54) is 6.08 Å². The van der Waals surface area contributed by atoms with Gasteiger partial charge in [0, 0.05) is 40.5 Å². The predicted octanol–water partition coefficient (Wildman–Crippen LogP) is 5.84. The SMILES string of the molecule is O=C(/C=C/c1cccnc1)NCC1Cc2cc(-c3cc(Cl)cc(Cl)c3)cc(Cl)c2O1. The summed E-state index contributed by atoms with van der Waals surface area (Å²) in [4.78, 5) is 16.1. The molecule has 4 nitrogen and oxygen atoms in total. The van der Waals surface area contributed by atoms with E-state index in [-0.39, 0.29) is 12.0 Å². The van der Waals surface area contributed by atoms with Crippen molar-refractivity contribution >= 4 is 46.8 Å². The Morgan fingerprint density at radius 3 is 2.63 bits per heavy atom. The van der Waals surface area contributed by atoms with E-state index >= 15 is 0 Å². The first-order valence-electron chi connectivity index (χ1n) is 9.29. The number of rotatable bonds is 5. The minimum Gasteiger partial charge on any atom is -0.486 e. The Morgan fingerprint density at radius 2 is 1.90 bits per heavy atom. The molecule has 0 radical (unpaired) electrons. The fourth-order valence-corrected chi connectivity index (χ4v) is 4.12. The van der Waals surface area contributed by atoms with Gasteiger partial charge in [-0.25, -0.2) is 0 Å². The third-order valence-electron chi connectivity index (χ3n) is 4.66. The lowest BCUT2D eigenvalue weighted by atomic mass is 10.0. The van der Waals surface area contributed by atoms with E-state index in [0.717, 1.165) is 22.3 Å². The number of pyridine rings is 1. The van der Waals surface area contributed by atoms with Gasteiger partial charge < -0.3 is 10.1 Å². The second-order valence-corrected chi connectivity index (χ2v) is 8.19. The molecule has 1 aliphatic heterocycles. The van der Waals surface area contributed by atoms with Gasteiger partial charge in [-0.15, -0.1) is 0 Å². The Balaban J connectivity index is 1.41. The van der Waals surface area contributed by atoms with Crippen LogP contribution < -0.4 is 10.1 Å². The maximum Gasteiger partial charge on any atom is 0.244 e. The monoisotopic (exact) mass is 458 g/mol. The van der Waals surface area contributed by atoms with Crippen molar-refractivity contribution < 1.29 is 9.53 Å². The van der Waals surface area contributed by atoms with E-state index in [9.17, 15) is 4.79 Å². The summed E-state index contributed by atoms with van der Waals surface area (Å²) < 4.78 is 5.96. The zero-order valence-electron chi connectivity index (χ0n) is 15.7. The van der Waals surface area contributed by atoms with E-state index in [1.54, 1.807) is 24.5 Å². The number of nitrogens with one attached hydrogen (secondary N) is 1. The summed E-state index contributed by atoms with van der Waals surface area (Å²) in [6.07, 6.45) is 7.02. The molecule has 0 fully saturated rings. The van der Waals surface area contributed by atoms with Gasteiger partial charge in [-0.2, -0.15) is 0 Å². The van der Waals surface area contributed by atoms with Crippen LogP contribution in [0.3, 0.4) is 0 Å². The molecule has 4 rings (SSSR count). The van der Waals surface area contributed by atoms with Gasteiger partial charge in [0.15, 0.2) is 0 Å². The molecule has 152 valence electrons. The van der Waals surface area contributed by atoms with E-state index in [4.69, 9.17) is 39.5 Å². The molecule has 0 bridgehead atoms. The van der Waals surface area contributed by atoms with E-state index in [2.05, 4.69) is 10.3 Å². The number of carbonyl (C=O) groups excluding carboxylic acids is 1. The van der Waals surface area contributed by atoms with Crippen LogP contribution in [0.25, 0.3) is 17.2 Å². The molecule has 1 N–H and O–H groups in total. The van der Waals surface area contributed by atoms with Crippen LogP contribution in [0.1, 0.15) is 11.1 Å². The number of carbonyl (C=O) groups is 1. The van der Waals surface area contributed by atoms with Gasteiger partial charge in [-0.05, 0) is 59.2 Å². The molecule has 1 aliphatic rings. The highest BCUT2D eigenvalue weighted by atomic mass is 35.5. The van der Waals surface area contributed by atoms with Crippen molar-refractivity contribution in [3.8, 4) is 16.9 Å². The molecule has 1 unspecified atom stereocenters. The molecule has 2 heterocycles. The average Bonchev–Trinajstić information content (AvgIpc) is 3.14. The highest BCUT2D eigenvalue weighted by molar-refractivity contribution is 6.35. The lowest BCUT2D eigenvalue weighted by Gasteiger charge is -2.11. The van der Waals surface area contributed by atoms with Crippen molar-refractivity contribution in [2.45, 2.75) is 12.5 Å². The maximum absolute atomic E-state index is 12.1. The fraction of sp³-hybridized carbons (Fsp3) is 0.130. The third-order valence-corrected chi connectivity index (χ3v) is 5.38. The zero-order chi connectivity index (χ0) is 21.1. The Kier molecular flexibility index (Phi) is 6.28. The molecule has 1 atom stereocenters. The number of aromatic nitrogens is 1. The molecule has 2 aromatic carbocycles. The Hall–Kier alpha value is -2.53. The standard InChI is InChI=1S/C23H17Cl3N2O2/c24-18-7-16(8-19(25)11-18)15-6-17-9-20(30-23(17)21(26)10-15)13-28-22(29)4-3-14-2-1-5-27-12-14/h1-8,10-12,20H,9,13H2,(H,28,29)/b4-3+. The van der Waals surface area contributed by atoms with Gasteiger partial charge in [0.05, 0.1) is 11.6 Å². The number of fused-ring (bicyclic) bond motifs is 1. The van der Waals surface area contributed by atoms with Gasteiger partial charge in [-0.3, -0.25) is 9.78 Å². The van der Waals surface area contributed by atoms with Gasteiger partial charge >= 0.3 is 0 Å². The van der Waals surface area contributed by atoms with Crippen LogP contribution in [-0.2, 0) is 11.2 Å². The van der Waals surface area contributed by atoms with Crippen molar-refractivity contribution in [1.29, 1.82) is 0 Å². The largest absolute Gasteiger partial charge is 0.486 e. The molecule has 7 heteroatoms. The summed E-state index contributed by atoms with van der Waals surface area (Å²) in [6, 6.07) is 12.9. The molecule has 0 spiro atoms. The Labute approximate surface area is 189 Å². The minimum absolute atomic E-state index is 0.188. The molecular weight excluding hydrogens is 443 g/mol.